The molecule has 5 fully saturated rings. The van der Waals surface area contributed by atoms with Gasteiger partial charge in [0.15, 0.2) is 5.79 Å². The number of alkyl halides is 12. The van der Waals surface area contributed by atoms with Crippen LogP contribution in [0.4, 0.5) is 52.7 Å². The van der Waals surface area contributed by atoms with Crippen molar-refractivity contribution in [3.63, 3.8) is 0 Å². The zero-order chi connectivity index (χ0) is 64.1. The van der Waals surface area contributed by atoms with Gasteiger partial charge >= 0.3 is 90.0 Å². The molecule has 466 valence electrons. The van der Waals surface area contributed by atoms with Crippen LogP contribution < -0.4 is 15.3 Å². The van der Waals surface area contributed by atoms with E-state index >= 15 is 0 Å². The van der Waals surface area contributed by atoms with E-state index in [4.69, 9.17) is 37.9 Å². The highest BCUT2D eigenvalue weighted by Crippen LogP contribution is 2.52. The summed E-state index contributed by atoms with van der Waals surface area (Å²) in [5.41, 5.74) is -5.54. The van der Waals surface area contributed by atoms with Crippen molar-refractivity contribution in [3.05, 3.63) is 142 Å². The Morgan fingerprint density at radius 3 is 0.701 bits per heavy atom. The Kier molecular flexibility index (Phi) is 16.1. The molecule has 2 saturated carbocycles. The van der Waals surface area contributed by atoms with Crippen molar-refractivity contribution in [2.24, 2.45) is 0 Å². The lowest BCUT2D eigenvalue weighted by Gasteiger charge is -2.50. The molecular formula is C51H31F12O24-3. The number of cyclic esters (lactones) is 2. The Morgan fingerprint density at radius 2 is 0.483 bits per heavy atom. The fourth-order valence-electron chi connectivity index (χ4n) is 8.70. The molecule has 8 aliphatic rings. The topological polar surface area (TPSA) is 334 Å². The fraction of sp³-hybridized carbons (Fsp3) is 0.353. The number of halogens is 12. The standard InChI is InChI=1S/C51H34F12O24/c52-48(53,54)46(49(55,56)57)84-38(72)28(39(73)85-46)14-8-2-6-12-26-34(68)80-44(81-35(26)69)20-16-42(17-21-44)76-30(64)24(31(65)77-42)10-4-1-5-11-25-32(66)78-43(79-33(25)67)18-22-45(23-19-43)82-36(70)27(37(71)83-45)13-7-3-9-15-29-40(74)86-47(50(58,59)60,51(61,62)63)87-41(29)75/h1-15,64,72,74H,16-23H2/p-3/b5-1+,6-2+,7-3+,10-4+,14-8+,15-9+,25-11?,26-12?,27-13?. The lowest BCUT2D eigenvalue weighted by Crippen LogP contribution is -2.63. The maximum atomic E-state index is 13.2. The van der Waals surface area contributed by atoms with Gasteiger partial charge in [-0.25, -0.2) is 43.2 Å². The highest BCUT2D eigenvalue weighted by atomic mass is 19.4. The van der Waals surface area contributed by atoms with E-state index in [9.17, 15) is 111 Å². The first-order valence-electron chi connectivity index (χ1n) is 24.2. The van der Waals surface area contributed by atoms with Crippen LogP contribution in [0.3, 0.4) is 0 Å². The molecule has 8 rings (SSSR count). The Bertz CT molecular complexity index is 3300. The van der Waals surface area contributed by atoms with Gasteiger partial charge in [0.05, 0.1) is 34.6 Å². The molecule has 0 N–H and O–H groups in total. The second-order valence-electron chi connectivity index (χ2n) is 18.8. The normalized spacial score (nSPS) is 28.3. The van der Waals surface area contributed by atoms with Gasteiger partial charge in [0.1, 0.15) is 16.7 Å². The molecule has 0 bridgehead atoms. The van der Waals surface area contributed by atoms with E-state index in [-0.39, 0.29) is 51.4 Å². The average molecular weight is 1260 g/mol. The van der Waals surface area contributed by atoms with Gasteiger partial charge in [-0.05, 0) is 36.5 Å². The van der Waals surface area contributed by atoms with Crippen LogP contribution >= 0.6 is 0 Å². The predicted octanol–water partition coefficient (Wildman–Crippen LogP) is 3.41. The van der Waals surface area contributed by atoms with Gasteiger partial charge in [-0.1, -0.05) is 54.7 Å². The molecule has 24 nitrogen and oxygen atoms in total. The van der Waals surface area contributed by atoms with Crippen LogP contribution in [0.5, 0.6) is 0 Å². The lowest BCUT2D eigenvalue weighted by molar-refractivity contribution is -0.493. The minimum absolute atomic E-state index is 0.379. The molecule has 0 radical (unpaired) electrons. The predicted molar refractivity (Wildman–Crippen MR) is 236 cm³/mol. The van der Waals surface area contributed by atoms with E-state index in [1.54, 1.807) is 0 Å². The van der Waals surface area contributed by atoms with E-state index in [1.165, 1.54) is 0 Å². The molecule has 6 heterocycles. The first kappa shape index (κ1) is 63.1. The monoisotopic (exact) mass is 1260 g/mol. The number of ether oxygens (including phenoxy) is 12. The van der Waals surface area contributed by atoms with Crippen LogP contribution in [0.25, 0.3) is 0 Å². The fourth-order valence-corrected chi connectivity index (χ4v) is 8.70. The first-order chi connectivity index (χ1) is 40.3. The van der Waals surface area contributed by atoms with Gasteiger partial charge in [-0.3, -0.25) is 0 Å². The SMILES string of the molecule is O=C1OC2(CCC3(CC2)OC(=O)C(=C/C=C/C=C/C2=C([O-])OC(C(F)(F)F)(C(F)(F)F)OC2=O)C(=O)O3)OC(=O)C1=C/C=C/C=C/C1=C([O-])OC2(CCC3(CC2)OC(=O)C(=C/C=C/C=C/C2=C([O-])OC(C(F)(F)F)(C(F)(F)F)OC2=O)C(=O)O3)OC1=O. The second kappa shape index (κ2) is 22.2. The van der Waals surface area contributed by atoms with Gasteiger partial charge in [-0.15, -0.1) is 0 Å². The Morgan fingerprint density at radius 1 is 0.276 bits per heavy atom. The Balaban J connectivity index is 0.790. The molecule has 36 heteroatoms. The maximum Gasteiger partial charge on any atom is 0.449 e. The molecule has 87 heavy (non-hydrogen) atoms. The van der Waals surface area contributed by atoms with Crippen molar-refractivity contribution in [1.82, 2.24) is 0 Å². The zero-order valence-corrected chi connectivity index (χ0v) is 42.7. The summed E-state index contributed by atoms with van der Waals surface area (Å²) < 4.78 is 215. The molecule has 0 atom stereocenters. The molecule has 0 amide bonds. The summed E-state index contributed by atoms with van der Waals surface area (Å²) >= 11 is 0. The smallest absolute Gasteiger partial charge is 0.449 e. The molecule has 2 aliphatic carbocycles. The minimum atomic E-state index is -6.40. The van der Waals surface area contributed by atoms with Crippen molar-refractivity contribution < 1.29 is 168 Å². The molecule has 0 unspecified atom stereocenters. The third kappa shape index (κ3) is 12.1. The molecule has 3 saturated heterocycles. The van der Waals surface area contributed by atoms with Crippen molar-refractivity contribution >= 4 is 53.7 Å². The van der Waals surface area contributed by atoms with Crippen LogP contribution in [0.2, 0.25) is 0 Å². The van der Waals surface area contributed by atoms with Crippen LogP contribution in [0.15, 0.2) is 142 Å². The molecule has 6 aliphatic heterocycles. The van der Waals surface area contributed by atoms with Crippen LogP contribution in [-0.2, 0) is 100.0 Å². The summed E-state index contributed by atoms with van der Waals surface area (Å²) in [6.07, 6.45) is -16.0. The number of esters is 9. The number of rotatable bonds is 9. The minimum Gasteiger partial charge on any atom is -0.574 e. The average Bonchev–Trinajstić information content (AvgIpc) is 0.908. The number of hydrogen-bond acceptors (Lipinski definition) is 24. The largest absolute Gasteiger partial charge is 0.574 e. The first-order valence-corrected chi connectivity index (χ1v) is 24.2. The third-order valence-corrected chi connectivity index (χ3v) is 13.1. The number of hydrogen-bond donors (Lipinski definition) is 0. The summed E-state index contributed by atoms with van der Waals surface area (Å²) in [5, 5.41) is 36.9. The number of carbonyl (C=O) groups is 9. The second-order valence-corrected chi connectivity index (χ2v) is 18.8. The van der Waals surface area contributed by atoms with Crippen molar-refractivity contribution in [1.29, 1.82) is 0 Å². The van der Waals surface area contributed by atoms with Crippen molar-refractivity contribution in [2.75, 3.05) is 0 Å². The van der Waals surface area contributed by atoms with E-state index in [0.717, 1.165) is 79.0 Å². The molecule has 0 aromatic heterocycles. The molecule has 4 spiro atoms. The van der Waals surface area contributed by atoms with Crippen molar-refractivity contribution in [2.45, 2.75) is 111 Å². The number of allylic oxidation sites excluding steroid dienone is 12. The van der Waals surface area contributed by atoms with Gasteiger partial charge < -0.3 is 72.2 Å². The Hall–Kier alpha value is -9.93. The molecular weight excluding hydrogens is 1220 g/mol. The van der Waals surface area contributed by atoms with Gasteiger partial charge in [0.2, 0.25) is 0 Å². The quantitative estimate of drug-likeness (QED) is 0.0797. The summed E-state index contributed by atoms with van der Waals surface area (Å²) in [6, 6.07) is 0. The van der Waals surface area contributed by atoms with E-state index in [1.807, 2.05) is 0 Å². The molecule has 0 aromatic rings. The van der Waals surface area contributed by atoms with E-state index in [0.29, 0.717) is 12.2 Å². The summed E-state index contributed by atoms with van der Waals surface area (Å²) in [7, 11) is 0. The van der Waals surface area contributed by atoms with Crippen LogP contribution in [-0.4, -0.2) is 113 Å². The van der Waals surface area contributed by atoms with Crippen molar-refractivity contribution in [3.8, 4) is 0 Å². The summed E-state index contributed by atoms with van der Waals surface area (Å²) in [5.74, 6) is -38.0. The van der Waals surface area contributed by atoms with Gasteiger partial charge in [-0.2, -0.15) is 52.7 Å². The Labute approximate surface area is 474 Å². The van der Waals surface area contributed by atoms with Crippen LogP contribution in [0.1, 0.15) is 51.4 Å². The maximum absolute atomic E-state index is 13.2. The van der Waals surface area contributed by atoms with Gasteiger partial charge in [0.25, 0.3) is 17.4 Å². The lowest BCUT2D eigenvalue weighted by atomic mass is 9.87. The summed E-state index contributed by atoms with van der Waals surface area (Å²) in [6.45, 7) is 0. The van der Waals surface area contributed by atoms with E-state index in [2.05, 4.69) is 18.9 Å². The van der Waals surface area contributed by atoms with Gasteiger partial charge in [0, 0.05) is 51.4 Å². The highest BCUT2D eigenvalue weighted by Gasteiger charge is 2.75. The number of carbonyl (C=O) groups excluding carboxylic acids is 9. The van der Waals surface area contributed by atoms with Crippen LogP contribution in [0, 0.1) is 0 Å². The molecule has 0 aromatic carbocycles. The summed E-state index contributed by atoms with van der Waals surface area (Å²) in [4.78, 5) is 114. The highest BCUT2D eigenvalue weighted by molar-refractivity contribution is 6.17. The third-order valence-electron chi connectivity index (χ3n) is 13.1. The zero-order valence-electron chi connectivity index (χ0n) is 42.7. The van der Waals surface area contributed by atoms with E-state index < -0.39 is 164 Å².